The fourth-order valence-corrected chi connectivity index (χ4v) is 1.31. The van der Waals surface area contributed by atoms with Crippen LogP contribution in [-0.2, 0) is 14.3 Å². The van der Waals surface area contributed by atoms with Crippen LogP contribution in [0.2, 0.25) is 0 Å². The topological polar surface area (TPSA) is 69.4 Å². The molecule has 0 amide bonds. The largest absolute Gasteiger partial charge is 0.468 e. The molecule has 88 valence electrons. The molecule has 0 radical (unpaired) electrons. The molecule has 0 aromatic heterocycles. The zero-order valence-corrected chi connectivity index (χ0v) is 9.62. The van der Waals surface area contributed by atoms with Gasteiger partial charge in [0.15, 0.2) is 0 Å². The third-order valence-electron chi connectivity index (χ3n) is 2.37. The summed E-state index contributed by atoms with van der Waals surface area (Å²) in [6, 6.07) is -0.517. The van der Waals surface area contributed by atoms with Gasteiger partial charge < -0.3 is 10.5 Å². The van der Waals surface area contributed by atoms with Crippen LogP contribution in [0.15, 0.2) is 0 Å². The molecule has 0 bridgehead atoms. The van der Waals surface area contributed by atoms with Gasteiger partial charge in [0, 0.05) is 12.8 Å². The summed E-state index contributed by atoms with van der Waals surface area (Å²) in [5.41, 5.74) is 5.55. The van der Waals surface area contributed by atoms with Crippen molar-refractivity contribution in [1.82, 2.24) is 0 Å². The van der Waals surface area contributed by atoms with Crippen molar-refractivity contribution in [1.29, 1.82) is 0 Å². The molecule has 1 atom stereocenters. The van der Waals surface area contributed by atoms with Crippen molar-refractivity contribution in [3.63, 3.8) is 0 Å². The van der Waals surface area contributed by atoms with Crippen molar-refractivity contribution in [2.24, 2.45) is 5.73 Å². The van der Waals surface area contributed by atoms with Gasteiger partial charge in [0.1, 0.15) is 11.8 Å². The van der Waals surface area contributed by atoms with E-state index in [9.17, 15) is 9.59 Å². The van der Waals surface area contributed by atoms with Crippen molar-refractivity contribution < 1.29 is 14.3 Å². The van der Waals surface area contributed by atoms with Gasteiger partial charge in [0.05, 0.1) is 7.11 Å². The Balaban J connectivity index is 3.38. The molecule has 0 unspecified atom stereocenters. The van der Waals surface area contributed by atoms with Crippen LogP contribution in [0.1, 0.15) is 45.4 Å². The third kappa shape index (κ3) is 7.08. The van der Waals surface area contributed by atoms with Crippen LogP contribution in [-0.4, -0.2) is 24.9 Å². The number of esters is 1. The van der Waals surface area contributed by atoms with Crippen molar-refractivity contribution in [3.8, 4) is 0 Å². The van der Waals surface area contributed by atoms with Crippen LogP contribution in [0.3, 0.4) is 0 Å². The quantitative estimate of drug-likeness (QED) is 0.491. The zero-order valence-electron chi connectivity index (χ0n) is 9.62. The summed E-state index contributed by atoms with van der Waals surface area (Å²) in [4.78, 5) is 21.9. The lowest BCUT2D eigenvalue weighted by molar-refractivity contribution is -0.142. The number of carbonyl (C=O) groups excluding carboxylic acids is 2. The summed E-state index contributed by atoms with van der Waals surface area (Å²) in [5, 5.41) is 0. The molecule has 15 heavy (non-hydrogen) atoms. The van der Waals surface area contributed by atoms with Crippen molar-refractivity contribution in [2.45, 2.75) is 51.5 Å². The van der Waals surface area contributed by atoms with Crippen LogP contribution in [0.4, 0.5) is 0 Å². The second kappa shape index (κ2) is 8.41. The molecule has 4 heteroatoms. The van der Waals surface area contributed by atoms with Gasteiger partial charge in [-0.25, -0.2) is 0 Å². The molecule has 0 fully saturated rings. The van der Waals surface area contributed by atoms with Crippen LogP contribution >= 0.6 is 0 Å². The van der Waals surface area contributed by atoms with Gasteiger partial charge in [-0.2, -0.15) is 0 Å². The van der Waals surface area contributed by atoms with Crippen LogP contribution in [0, 0.1) is 0 Å². The van der Waals surface area contributed by atoms with Crippen LogP contribution in [0.5, 0.6) is 0 Å². The average Bonchev–Trinajstić information content (AvgIpc) is 2.26. The van der Waals surface area contributed by atoms with Gasteiger partial charge in [-0.15, -0.1) is 0 Å². The lowest BCUT2D eigenvalue weighted by Crippen LogP contribution is -2.31. The molecule has 0 aromatic carbocycles. The first-order valence-corrected chi connectivity index (χ1v) is 5.47. The van der Waals surface area contributed by atoms with E-state index in [1.54, 1.807) is 0 Å². The van der Waals surface area contributed by atoms with Gasteiger partial charge in [-0.3, -0.25) is 9.59 Å². The predicted molar refractivity (Wildman–Crippen MR) is 58.4 cm³/mol. The highest BCUT2D eigenvalue weighted by molar-refractivity contribution is 5.77. The molecule has 4 nitrogen and oxygen atoms in total. The number of hydrogen-bond donors (Lipinski definition) is 1. The SMILES string of the molecule is CCC(=O)CCCCC[C@@H](N)C(=O)OC. The molecular formula is C11H21NO3. The Morgan fingerprint density at radius 3 is 2.47 bits per heavy atom. The molecule has 2 N–H and O–H groups in total. The molecular weight excluding hydrogens is 194 g/mol. The van der Waals surface area contributed by atoms with E-state index in [4.69, 9.17) is 5.73 Å². The second-order valence-corrected chi connectivity index (χ2v) is 3.62. The number of hydrogen-bond acceptors (Lipinski definition) is 4. The minimum atomic E-state index is -0.517. The maximum Gasteiger partial charge on any atom is 0.322 e. The number of nitrogens with two attached hydrogens (primary N) is 1. The first-order chi connectivity index (χ1) is 7.11. The predicted octanol–water partition coefficient (Wildman–Crippen LogP) is 1.42. The van der Waals surface area contributed by atoms with E-state index in [0.717, 1.165) is 19.3 Å². The molecule has 0 saturated heterocycles. The van der Waals surface area contributed by atoms with Crippen LogP contribution in [0.25, 0.3) is 0 Å². The summed E-state index contributed by atoms with van der Waals surface area (Å²) < 4.78 is 4.51. The number of ketones is 1. The Labute approximate surface area is 91.2 Å². The highest BCUT2D eigenvalue weighted by Gasteiger charge is 2.12. The molecule has 0 aromatic rings. The molecule has 0 saturated carbocycles. The first kappa shape index (κ1) is 14.1. The summed E-state index contributed by atoms with van der Waals surface area (Å²) in [7, 11) is 1.34. The average molecular weight is 215 g/mol. The van der Waals surface area contributed by atoms with Crippen molar-refractivity contribution in [3.05, 3.63) is 0 Å². The first-order valence-electron chi connectivity index (χ1n) is 5.47. The normalized spacial score (nSPS) is 12.2. The third-order valence-corrected chi connectivity index (χ3v) is 2.37. The number of ether oxygens (including phenoxy) is 1. The van der Waals surface area contributed by atoms with Gasteiger partial charge in [0.2, 0.25) is 0 Å². The Morgan fingerprint density at radius 1 is 1.27 bits per heavy atom. The lowest BCUT2D eigenvalue weighted by atomic mass is 10.1. The van der Waals surface area contributed by atoms with E-state index >= 15 is 0 Å². The van der Waals surface area contributed by atoms with E-state index in [2.05, 4.69) is 4.74 Å². The summed E-state index contributed by atoms with van der Waals surface area (Å²) in [6.07, 6.45) is 4.59. The smallest absolute Gasteiger partial charge is 0.322 e. The maximum atomic E-state index is 11.0. The lowest BCUT2D eigenvalue weighted by Gasteiger charge is -2.08. The summed E-state index contributed by atoms with van der Waals surface area (Å²) in [5.74, 6) is -0.0631. The number of unbranched alkanes of at least 4 members (excludes halogenated alkanes) is 2. The van der Waals surface area contributed by atoms with E-state index in [-0.39, 0.29) is 5.97 Å². The molecule has 0 rings (SSSR count). The molecule has 0 aliphatic carbocycles. The Bertz CT molecular complexity index is 204. The standard InChI is InChI=1S/C11H21NO3/c1-3-9(13)7-5-4-6-8-10(12)11(14)15-2/h10H,3-8,12H2,1-2H3/t10-/m1/s1. The number of carbonyl (C=O) groups is 2. The Kier molecular flexibility index (Phi) is 7.91. The molecule has 0 spiro atoms. The minimum absolute atomic E-state index is 0.298. The van der Waals surface area contributed by atoms with Gasteiger partial charge in [0.25, 0.3) is 0 Å². The Morgan fingerprint density at radius 2 is 1.93 bits per heavy atom. The number of methoxy groups -OCH3 is 1. The van der Waals surface area contributed by atoms with Crippen molar-refractivity contribution in [2.75, 3.05) is 7.11 Å². The highest BCUT2D eigenvalue weighted by Crippen LogP contribution is 2.06. The summed E-state index contributed by atoms with van der Waals surface area (Å²) in [6.45, 7) is 1.87. The summed E-state index contributed by atoms with van der Waals surface area (Å²) >= 11 is 0. The van der Waals surface area contributed by atoms with E-state index in [1.807, 2.05) is 6.92 Å². The van der Waals surface area contributed by atoms with Crippen molar-refractivity contribution >= 4 is 11.8 Å². The van der Waals surface area contributed by atoms with Gasteiger partial charge in [-0.05, 0) is 12.8 Å². The fourth-order valence-electron chi connectivity index (χ4n) is 1.31. The Hall–Kier alpha value is -0.900. The second-order valence-electron chi connectivity index (χ2n) is 3.62. The number of Topliss-reactive ketones (excluding diaryl/α,β-unsaturated/α-hetero) is 1. The zero-order chi connectivity index (χ0) is 11.7. The molecule has 0 heterocycles. The van der Waals surface area contributed by atoms with Gasteiger partial charge in [-0.1, -0.05) is 19.8 Å². The van der Waals surface area contributed by atoms with E-state index in [1.165, 1.54) is 7.11 Å². The van der Waals surface area contributed by atoms with E-state index < -0.39 is 6.04 Å². The van der Waals surface area contributed by atoms with E-state index in [0.29, 0.717) is 25.0 Å². The molecule has 0 aliphatic rings. The maximum absolute atomic E-state index is 11.0. The monoisotopic (exact) mass is 215 g/mol. The molecule has 0 aliphatic heterocycles. The number of rotatable bonds is 8. The minimum Gasteiger partial charge on any atom is -0.468 e. The highest BCUT2D eigenvalue weighted by atomic mass is 16.5. The van der Waals surface area contributed by atoms with Crippen LogP contribution < -0.4 is 5.73 Å². The fraction of sp³-hybridized carbons (Fsp3) is 0.818. The van der Waals surface area contributed by atoms with Gasteiger partial charge >= 0.3 is 5.97 Å².